The number of hydrogen-bond donors (Lipinski definition) is 2. The standard InChI is InChI=1S/C13H13ClN4O/c14-12-9-3-1-2-4-10(9)13(18-17-12)16-7-8-5-11(19)15-6-8/h1-4,8H,5-7H2,(H,15,19)(H,16,18). The zero-order chi connectivity index (χ0) is 13.2. The van der Waals surface area contributed by atoms with E-state index in [1.807, 2.05) is 24.3 Å². The molecule has 1 aliphatic heterocycles. The molecule has 1 aromatic heterocycles. The Kier molecular flexibility index (Phi) is 3.21. The third-order valence-electron chi connectivity index (χ3n) is 3.26. The highest BCUT2D eigenvalue weighted by molar-refractivity contribution is 6.34. The molecule has 5 nitrogen and oxygen atoms in total. The largest absolute Gasteiger partial charge is 0.368 e. The van der Waals surface area contributed by atoms with Crippen molar-refractivity contribution in [1.82, 2.24) is 15.5 Å². The van der Waals surface area contributed by atoms with Gasteiger partial charge in [0.25, 0.3) is 0 Å². The van der Waals surface area contributed by atoms with E-state index >= 15 is 0 Å². The van der Waals surface area contributed by atoms with Gasteiger partial charge in [0, 0.05) is 36.2 Å². The molecule has 0 bridgehead atoms. The minimum atomic E-state index is 0.110. The number of carbonyl (C=O) groups is 1. The normalized spacial score (nSPS) is 18.6. The average molecular weight is 277 g/mol. The van der Waals surface area contributed by atoms with Crippen molar-refractivity contribution in [2.45, 2.75) is 6.42 Å². The second-order valence-corrected chi connectivity index (χ2v) is 5.00. The molecule has 6 heteroatoms. The van der Waals surface area contributed by atoms with Gasteiger partial charge in [0.2, 0.25) is 5.91 Å². The van der Waals surface area contributed by atoms with E-state index in [0.717, 1.165) is 10.8 Å². The lowest BCUT2D eigenvalue weighted by Crippen LogP contribution is -2.18. The number of hydrogen-bond acceptors (Lipinski definition) is 4. The summed E-state index contributed by atoms with van der Waals surface area (Å²) in [5.41, 5.74) is 0. The summed E-state index contributed by atoms with van der Waals surface area (Å²) in [6.45, 7) is 1.41. The van der Waals surface area contributed by atoms with Crippen LogP contribution in [0.2, 0.25) is 5.15 Å². The molecule has 0 radical (unpaired) electrons. The fraction of sp³-hybridized carbons (Fsp3) is 0.308. The molecule has 2 aromatic rings. The number of carbonyl (C=O) groups excluding carboxylic acids is 1. The van der Waals surface area contributed by atoms with E-state index < -0.39 is 0 Å². The van der Waals surface area contributed by atoms with Gasteiger partial charge < -0.3 is 10.6 Å². The van der Waals surface area contributed by atoms with Crippen molar-refractivity contribution in [3.05, 3.63) is 29.4 Å². The van der Waals surface area contributed by atoms with Crippen molar-refractivity contribution in [2.75, 3.05) is 18.4 Å². The molecule has 0 spiro atoms. The van der Waals surface area contributed by atoms with Crippen LogP contribution in [0.5, 0.6) is 0 Å². The Balaban J connectivity index is 1.81. The van der Waals surface area contributed by atoms with Gasteiger partial charge in [-0.25, -0.2) is 0 Å². The molecule has 0 saturated carbocycles. The molecule has 1 amide bonds. The Morgan fingerprint density at radius 1 is 1.32 bits per heavy atom. The van der Waals surface area contributed by atoms with Gasteiger partial charge in [0.05, 0.1) is 0 Å². The van der Waals surface area contributed by atoms with Gasteiger partial charge in [-0.05, 0) is 0 Å². The number of halogens is 1. The molecule has 1 aliphatic rings. The Labute approximate surface area is 115 Å². The lowest BCUT2D eigenvalue weighted by atomic mass is 10.1. The van der Waals surface area contributed by atoms with Gasteiger partial charge in [-0.15, -0.1) is 10.2 Å². The van der Waals surface area contributed by atoms with Crippen LogP contribution < -0.4 is 10.6 Å². The van der Waals surface area contributed by atoms with E-state index in [0.29, 0.717) is 36.4 Å². The van der Waals surface area contributed by atoms with Gasteiger partial charge in [-0.2, -0.15) is 0 Å². The third kappa shape index (κ3) is 2.46. The molecule has 1 aromatic carbocycles. The van der Waals surface area contributed by atoms with Gasteiger partial charge in [0.1, 0.15) is 0 Å². The Hall–Kier alpha value is -1.88. The minimum absolute atomic E-state index is 0.110. The van der Waals surface area contributed by atoms with E-state index in [1.54, 1.807) is 0 Å². The Morgan fingerprint density at radius 3 is 2.84 bits per heavy atom. The quantitative estimate of drug-likeness (QED) is 0.898. The predicted octanol–water partition coefficient (Wildman–Crippen LogP) is 1.83. The number of nitrogens with one attached hydrogen (secondary N) is 2. The van der Waals surface area contributed by atoms with Crippen molar-refractivity contribution < 1.29 is 4.79 Å². The third-order valence-corrected chi connectivity index (χ3v) is 3.54. The van der Waals surface area contributed by atoms with E-state index in [9.17, 15) is 4.79 Å². The summed E-state index contributed by atoms with van der Waals surface area (Å²) in [6.07, 6.45) is 0.561. The van der Waals surface area contributed by atoms with Crippen LogP contribution in [0.3, 0.4) is 0 Å². The van der Waals surface area contributed by atoms with Crippen LogP contribution in [0.25, 0.3) is 10.8 Å². The van der Waals surface area contributed by atoms with Crippen molar-refractivity contribution in [2.24, 2.45) is 5.92 Å². The molecule has 98 valence electrons. The lowest BCUT2D eigenvalue weighted by molar-refractivity contribution is -0.119. The summed E-state index contributed by atoms with van der Waals surface area (Å²) in [5.74, 6) is 1.11. The monoisotopic (exact) mass is 276 g/mol. The first-order valence-corrected chi connectivity index (χ1v) is 6.53. The van der Waals surface area contributed by atoms with E-state index in [1.165, 1.54) is 0 Å². The van der Waals surface area contributed by atoms with Crippen LogP contribution in [-0.2, 0) is 4.79 Å². The van der Waals surface area contributed by atoms with Crippen LogP contribution in [0.1, 0.15) is 6.42 Å². The molecule has 1 saturated heterocycles. The van der Waals surface area contributed by atoms with E-state index in [-0.39, 0.29) is 5.91 Å². The molecule has 1 fully saturated rings. The van der Waals surface area contributed by atoms with Crippen molar-refractivity contribution in [1.29, 1.82) is 0 Å². The average Bonchev–Trinajstić information content (AvgIpc) is 2.84. The summed E-state index contributed by atoms with van der Waals surface area (Å²) in [5, 5.41) is 16.3. The van der Waals surface area contributed by atoms with E-state index in [2.05, 4.69) is 20.8 Å². The highest BCUT2D eigenvalue weighted by Crippen LogP contribution is 2.25. The lowest BCUT2D eigenvalue weighted by Gasteiger charge is -2.11. The molecule has 19 heavy (non-hydrogen) atoms. The Bertz CT molecular complexity index is 631. The van der Waals surface area contributed by atoms with Gasteiger partial charge in [-0.1, -0.05) is 35.9 Å². The SMILES string of the molecule is O=C1CC(CNc2nnc(Cl)c3ccccc23)CN1. The van der Waals surface area contributed by atoms with Crippen LogP contribution in [-0.4, -0.2) is 29.2 Å². The minimum Gasteiger partial charge on any atom is -0.368 e. The number of benzene rings is 1. The van der Waals surface area contributed by atoms with Crippen LogP contribution in [0.15, 0.2) is 24.3 Å². The molecule has 1 atom stereocenters. The van der Waals surface area contributed by atoms with Crippen molar-refractivity contribution in [3.63, 3.8) is 0 Å². The van der Waals surface area contributed by atoms with Crippen molar-refractivity contribution in [3.8, 4) is 0 Å². The number of anilines is 1. The van der Waals surface area contributed by atoms with Crippen LogP contribution in [0, 0.1) is 5.92 Å². The molecule has 3 rings (SSSR count). The highest BCUT2D eigenvalue weighted by Gasteiger charge is 2.21. The van der Waals surface area contributed by atoms with Gasteiger partial charge in [-0.3, -0.25) is 4.79 Å². The number of nitrogens with zero attached hydrogens (tertiary/aromatic N) is 2. The molecule has 1 unspecified atom stereocenters. The molecular formula is C13H13ClN4O. The first kappa shape index (κ1) is 12.2. The zero-order valence-corrected chi connectivity index (χ0v) is 10.9. The highest BCUT2D eigenvalue weighted by atomic mass is 35.5. The Morgan fingerprint density at radius 2 is 2.11 bits per heavy atom. The molecule has 2 N–H and O–H groups in total. The number of rotatable bonds is 3. The number of fused-ring (bicyclic) bond motifs is 1. The number of aromatic nitrogens is 2. The van der Waals surface area contributed by atoms with Crippen LogP contribution >= 0.6 is 11.6 Å². The summed E-state index contributed by atoms with van der Waals surface area (Å²) in [7, 11) is 0. The van der Waals surface area contributed by atoms with E-state index in [4.69, 9.17) is 11.6 Å². The maximum atomic E-state index is 11.1. The van der Waals surface area contributed by atoms with Crippen LogP contribution in [0.4, 0.5) is 5.82 Å². The summed E-state index contributed by atoms with van der Waals surface area (Å²) >= 11 is 6.02. The maximum Gasteiger partial charge on any atom is 0.220 e. The molecule has 0 aliphatic carbocycles. The first-order chi connectivity index (χ1) is 9.24. The van der Waals surface area contributed by atoms with Gasteiger partial charge >= 0.3 is 0 Å². The van der Waals surface area contributed by atoms with Crippen molar-refractivity contribution >= 4 is 34.1 Å². The summed E-state index contributed by atoms with van der Waals surface area (Å²) in [6, 6.07) is 7.72. The molecular weight excluding hydrogens is 264 g/mol. The molecule has 2 heterocycles. The number of amides is 1. The summed E-state index contributed by atoms with van der Waals surface area (Å²) in [4.78, 5) is 11.1. The second-order valence-electron chi connectivity index (χ2n) is 4.64. The first-order valence-electron chi connectivity index (χ1n) is 6.15. The topological polar surface area (TPSA) is 66.9 Å². The zero-order valence-electron chi connectivity index (χ0n) is 10.2. The smallest absolute Gasteiger partial charge is 0.220 e. The fourth-order valence-corrected chi connectivity index (χ4v) is 2.45. The van der Waals surface area contributed by atoms with Gasteiger partial charge in [0.15, 0.2) is 11.0 Å². The maximum absolute atomic E-state index is 11.1. The summed E-state index contributed by atoms with van der Waals surface area (Å²) < 4.78 is 0. The second kappa shape index (κ2) is 5.01. The predicted molar refractivity (Wildman–Crippen MR) is 74.2 cm³/mol. The fourth-order valence-electron chi connectivity index (χ4n) is 2.25.